The van der Waals surface area contributed by atoms with Crippen molar-refractivity contribution < 1.29 is 9.59 Å². The summed E-state index contributed by atoms with van der Waals surface area (Å²) in [7, 11) is 0. The summed E-state index contributed by atoms with van der Waals surface area (Å²) in [6, 6.07) is 7.09. The van der Waals surface area contributed by atoms with Gasteiger partial charge in [-0.15, -0.1) is 0 Å². The molecule has 0 spiro atoms. The number of nitrogens with one attached hydrogen (secondary N) is 2. The van der Waals surface area contributed by atoms with Crippen molar-refractivity contribution in [3.05, 3.63) is 29.8 Å². The lowest BCUT2D eigenvalue weighted by molar-refractivity contribution is -0.123. The third-order valence-corrected chi connectivity index (χ3v) is 4.20. The summed E-state index contributed by atoms with van der Waals surface area (Å²) in [5, 5.41) is 5.80. The molecular weight excluding hydrogens is 290 g/mol. The van der Waals surface area contributed by atoms with Gasteiger partial charge in [-0.1, -0.05) is 32.4 Å². The maximum atomic E-state index is 12.0. The Morgan fingerprint density at radius 3 is 2.65 bits per heavy atom. The van der Waals surface area contributed by atoms with Crippen LogP contribution < -0.4 is 16.4 Å². The summed E-state index contributed by atoms with van der Waals surface area (Å²) in [6.07, 6.45) is 3.77. The van der Waals surface area contributed by atoms with Crippen molar-refractivity contribution in [3.63, 3.8) is 0 Å². The van der Waals surface area contributed by atoms with E-state index in [0.29, 0.717) is 18.9 Å². The average molecular weight is 317 g/mol. The molecule has 0 unspecified atom stereocenters. The molecule has 5 heteroatoms. The second kappa shape index (κ2) is 8.11. The molecule has 23 heavy (non-hydrogen) atoms. The smallest absolute Gasteiger partial charge is 0.237 e. The molecule has 0 saturated heterocycles. The maximum Gasteiger partial charge on any atom is 0.237 e. The van der Waals surface area contributed by atoms with E-state index in [1.165, 1.54) is 0 Å². The van der Waals surface area contributed by atoms with Gasteiger partial charge in [0.2, 0.25) is 11.8 Å². The Morgan fingerprint density at radius 1 is 1.30 bits per heavy atom. The zero-order valence-electron chi connectivity index (χ0n) is 14.0. The summed E-state index contributed by atoms with van der Waals surface area (Å²) in [5.41, 5.74) is 7.59. The minimum atomic E-state index is -0.475. The van der Waals surface area contributed by atoms with Gasteiger partial charge in [0.1, 0.15) is 0 Å². The zero-order chi connectivity index (χ0) is 16.8. The second-order valence-electron chi connectivity index (χ2n) is 6.77. The molecule has 1 atom stereocenters. The molecule has 5 nitrogen and oxygen atoms in total. The summed E-state index contributed by atoms with van der Waals surface area (Å²) in [5.74, 6) is 0.507. The molecule has 2 rings (SSSR count). The van der Waals surface area contributed by atoms with Gasteiger partial charge in [-0.3, -0.25) is 9.59 Å². The van der Waals surface area contributed by atoms with E-state index in [4.69, 9.17) is 5.73 Å². The predicted molar refractivity (Wildman–Crippen MR) is 91.7 cm³/mol. The first-order valence-electron chi connectivity index (χ1n) is 8.39. The number of carbonyl (C=O) groups is 2. The quantitative estimate of drug-likeness (QED) is 0.722. The molecule has 2 amide bonds. The normalized spacial score (nSPS) is 15.8. The van der Waals surface area contributed by atoms with E-state index in [1.807, 2.05) is 38.1 Å². The Labute approximate surface area is 138 Å². The van der Waals surface area contributed by atoms with Crippen molar-refractivity contribution in [3.8, 4) is 0 Å². The van der Waals surface area contributed by atoms with Gasteiger partial charge < -0.3 is 16.4 Å². The van der Waals surface area contributed by atoms with Crippen LogP contribution in [0.2, 0.25) is 0 Å². The molecular formula is C18H27N3O2. The van der Waals surface area contributed by atoms with E-state index in [2.05, 4.69) is 10.6 Å². The molecule has 1 fully saturated rings. The largest absolute Gasteiger partial charge is 0.351 e. The molecule has 1 aliphatic carbocycles. The van der Waals surface area contributed by atoms with Crippen LogP contribution in [0.4, 0.5) is 5.69 Å². The van der Waals surface area contributed by atoms with Gasteiger partial charge in [-0.25, -0.2) is 0 Å². The van der Waals surface area contributed by atoms with Crippen LogP contribution in [-0.2, 0) is 16.1 Å². The Hall–Kier alpha value is -1.88. The SMILES string of the molecule is CC(C)C[C@H](N)C(=O)NCc1cccc(NC(=O)C2CCC2)c1. The highest BCUT2D eigenvalue weighted by Crippen LogP contribution is 2.27. The van der Waals surface area contributed by atoms with Crippen LogP contribution in [0.5, 0.6) is 0 Å². The Kier molecular flexibility index (Phi) is 6.16. The van der Waals surface area contributed by atoms with E-state index in [1.54, 1.807) is 0 Å². The van der Waals surface area contributed by atoms with Crippen molar-refractivity contribution in [2.75, 3.05) is 5.32 Å². The van der Waals surface area contributed by atoms with Crippen LogP contribution in [0.25, 0.3) is 0 Å². The van der Waals surface area contributed by atoms with Crippen LogP contribution in [-0.4, -0.2) is 17.9 Å². The Balaban J connectivity index is 1.84. The monoisotopic (exact) mass is 317 g/mol. The van der Waals surface area contributed by atoms with Gasteiger partial charge >= 0.3 is 0 Å². The molecule has 1 aromatic carbocycles. The third kappa shape index (κ3) is 5.36. The first-order chi connectivity index (χ1) is 11.0. The summed E-state index contributed by atoms with van der Waals surface area (Å²) >= 11 is 0. The van der Waals surface area contributed by atoms with Crippen molar-refractivity contribution in [2.24, 2.45) is 17.6 Å². The van der Waals surface area contributed by atoms with E-state index in [9.17, 15) is 9.59 Å². The van der Waals surface area contributed by atoms with Crippen LogP contribution in [0.1, 0.15) is 45.1 Å². The zero-order valence-corrected chi connectivity index (χ0v) is 14.0. The van der Waals surface area contributed by atoms with E-state index in [0.717, 1.165) is 30.5 Å². The lowest BCUT2D eigenvalue weighted by atomic mass is 9.85. The molecule has 0 aliphatic heterocycles. The molecule has 126 valence electrons. The van der Waals surface area contributed by atoms with Crippen molar-refractivity contribution in [2.45, 2.75) is 52.1 Å². The number of anilines is 1. The van der Waals surface area contributed by atoms with E-state index < -0.39 is 6.04 Å². The number of nitrogens with two attached hydrogens (primary N) is 1. The standard InChI is InChI=1S/C18H27N3O2/c1-12(2)9-16(19)18(23)20-11-13-5-3-8-15(10-13)21-17(22)14-6-4-7-14/h3,5,8,10,12,14,16H,4,6-7,9,11,19H2,1-2H3,(H,20,23)(H,21,22)/t16-/m0/s1. The number of hydrogen-bond donors (Lipinski definition) is 3. The van der Waals surface area contributed by atoms with Gasteiger partial charge in [0, 0.05) is 18.2 Å². The first-order valence-corrected chi connectivity index (χ1v) is 8.39. The van der Waals surface area contributed by atoms with Crippen molar-refractivity contribution in [1.29, 1.82) is 0 Å². The van der Waals surface area contributed by atoms with Gasteiger partial charge in [0.05, 0.1) is 6.04 Å². The predicted octanol–water partition coefficient (Wildman–Crippen LogP) is 2.41. The van der Waals surface area contributed by atoms with Gasteiger partial charge in [-0.2, -0.15) is 0 Å². The van der Waals surface area contributed by atoms with Gasteiger partial charge in [0.25, 0.3) is 0 Å². The maximum absolute atomic E-state index is 12.0. The topological polar surface area (TPSA) is 84.2 Å². The number of rotatable bonds is 7. The molecule has 1 aliphatic rings. The third-order valence-electron chi connectivity index (χ3n) is 4.20. The fourth-order valence-electron chi connectivity index (χ4n) is 2.61. The van der Waals surface area contributed by atoms with Crippen LogP contribution in [0, 0.1) is 11.8 Å². The molecule has 0 radical (unpaired) electrons. The average Bonchev–Trinajstić information content (AvgIpc) is 2.42. The Morgan fingerprint density at radius 2 is 2.04 bits per heavy atom. The number of carbonyl (C=O) groups excluding carboxylic acids is 2. The van der Waals surface area contributed by atoms with Gasteiger partial charge in [-0.05, 0) is 42.9 Å². The van der Waals surface area contributed by atoms with Crippen molar-refractivity contribution >= 4 is 17.5 Å². The number of benzene rings is 1. The number of hydrogen-bond acceptors (Lipinski definition) is 3. The van der Waals surface area contributed by atoms with E-state index in [-0.39, 0.29) is 17.7 Å². The lowest BCUT2D eigenvalue weighted by Crippen LogP contribution is -2.41. The molecule has 0 bridgehead atoms. The fourth-order valence-corrected chi connectivity index (χ4v) is 2.61. The highest BCUT2D eigenvalue weighted by Gasteiger charge is 2.25. The minimum absolute atomic E-state index is 0.0939. The first kappa shape index (κ1) is 17.5. The number of amides is 2. The second-order valence-corrected chi connectivity index (χ2v) is 6.77. The minimum Gasteiger partial charge on any atom is -0.351 e. The lowest BCUT2D eigenvalue weighted by Gasteiger charge is -2.24. The van der Waals surface area contributed by atoms with Crippen molar-refractivity contribution in [1.82, 2.24) is 5.32 Å². The fraction of sp³-hybridized carbons (Fsp3) is 0.556. The van der Waals surface area contributed by atoms with Crippen LogP contribution in [0.3, 0.4) is 0 Å². The van der Waals surface area contributed by atoms with Crippen LogP contribution in [0.15, 0.2) is 24.3 Å². The van der Waals surface area contributed by atoms with E-state index >= 15 is 0 Å². The Bertz CT molecular complexity index is 553. The highest BCUT2D eigenvalue weighted by molar-refractivity contribution is 5.93. The van der Waals surface area contributed by atoms with Gasteiger partial charge in [0.15, 0.2) is 0 Å². The molecule has 0 aromatic heterocycles. The molecule has 1 aromatic rings. The molecule has 4 N–H and O–H groups in total. The highest BCUT2D eigenvalue weighted by atomic mass is 16.2. The summed E-state index contributed by atoms with van der Waals surface area (Å²) < 4.78 is 0. The van der Waals surface area contributed by atoms with Crippen LogP contribution >= 0.6 is 0 Å². The molecule has 1 saturated carbocycles. The summed E-state index contributed by atoms with van der Waals surface area (Å²) in [4.78, 5) is 23.9. The molecule has 0 heterocycles. The summed E-state index contributed by atoms with van der Waals surface area (Å²) in [6.45, 7) is 4.50.